The van der Waals surface area contributed by atoms with Crippen LogP contribution in [-0.2, 0) is 6.42 Å². The average molecular weight is 273 g/mol. The molecule has 1 aromatic rings. The maximum absolute atomic E-state index is 3.81. The zero-order chi connectivity index (χ0) is 14.7. The van der Waals surface area contributed by atoms with Gasteiger partial charge in [0.25, 0.3) is 0 Å². The van der Waals surface area contributed by atoms with Crippen LogP contribution in [0.4, 0.5) is 0 Å². The smallest absolute Gasteiger partial charge is 0.0136 e. The van der Waals surface area contributed by atoms with Gasteiger partial charge in [0.2, 0.25) is 0 Å². The van der Waals surface area contributed by atoms with Crippen molar-refractivity contribution in [3.63, 3.8) is 0 Å². The van der Waals surface area contributed by atoms with Gasteiger partial charge < -0.3 is 5.32 Å². The molecule has 1 saturated carbocycles. The van der Waals surface area contributed by atoms with Crippen molar-refractivity contribution in [2.75, 3.05) is 6.54 Å². The van der Waals surface area contributed by atoms with Crippen LogP contribution in [0.25, 0.3) is 0 Å². The average Bonchev–Trinajstić information content (AvgIpc) is 3.20. The van der Waals surface area contributed by atoms with E-state index in [0.29, 0.717) is 6.04 Å². The molecule has 1 fully saturated rings. The molecule has 2 atom stereocenters. The predicted octanol–water partition coefficient (Wildman–Crippen LogP) is 4.57. The van der Waals surface area contributed by atoms with Crippen LogP contribution in [0, 0.1) is 32.6 Å². The van der Waals surface area contributed by atoms with Crippen LogP contribution >= 0.6 is 0 Å². The zero-order valence-electron chi connectivity index (χ0n) is 13.9. The summed E-state index contributed by atoms with van der Waals surface area (Å²) in [6.07, 6.45) is 5.30. The third-order valence-corrected chi connectivity index (χ3v) is 4.92. The highest BCUT2D eigenvalue weighted by molar-refractivity contribution is 5.38. The molecule has 1 N–H and O–H groups in total. The van der Waals surface area contributed by atoms with Gasteiger partial charge in [-0.2, -0.15) is 0 Å². The van der Waals surface area contributed by atoms with Gasteiger partial charge >= 0.3 is 0 Å². The lowest BCUT2D eigenvalue weighted by Gasteiger charge is -2.27. The Balaban J connectivity index is 2.14. The second kappa shape index (κ2) is 6.76. The van der Waals surface area contributed by atoms with Crippen molar-refractivity contribution < 1.29 is 0 Å². The van der Waals surface area contributed by atoms with Crippen molar-refractivity contribution in [2.45, 2.75) is 66.3 Å². The van der Waals surface area contributed by atoms with E-state index in [9.17, 15) is 0 Å². The molecule has 2 unspecified atom stereocenters. The molecule has 112 valence electrons. The Kier molecular flexibility index (Phi) is 5.26. The zero-order valence-corrected chi connectivity index (χ0v) is 13.9. The number of benzene rings is 1. The Labute approximate surface area is 125 Å². The van der Waals surface area contributed by atoms with Gasteiger partial charge in [-0.3, -0.25) is 0 Å². The van der Waals surface area contributed by atoms with Crippen LogP contribution in [0.5, 0.6) is 0 Å². The van der Waals surface area contributed by atoms with Crippen molar-refractivity contribution >= 4 is 0 Å². The van der Waals surface area contributed by atoms with Crippen LogP contribution in [-0.4, -0.2) is 12.6 Å². The van der Waals surface area contributed by atoms with E-state index in [1.807, 2.05) is 0 Å². The lowest BCUT2D eigenvalue weighted by atomic mass is 9.87. The molecule has 1 nitrogen and oxygen atoms in total. The van der Waals surface area contributed by atoms with Crippen LogP contribution in [0.2, 0.25) is 0 Å². The largest absolute Gasteiger partial charge is 0.313 e. The molecule has 1 aliphatic rings. The molecule has 0 radical (unpaired) electrons. The summed E-state index contributed by atoms with van der Waals surface area (Å²) in [5.74, 6) is 1.78. The molecule has 0 spiro atoms. The quantitative estimate of drug-likeness (QED) is 0.767. The third-order valence-electron chi connectivity index (χ3n) is 4.92. The standard InChI is InChI=1S/C19H31N/c1-6-9-20-19(16(5)17-7-8-17)12-18-14(3)10-13(2)11-15(18)4/h10-11,16-17,19-20H,6-9,12H2,1-5H3. The summed E-state index contributed by atoms with van der Waals surface area (Å²) in [6.45, 7) is 12.6. The molecule has 0 bridgehead atoms. The third kappa shape index (κ3) is 3.85. The molecule has 1 aliphatic carbocycles. The van der Waals surface area contributed by atoms with Crippen LogP contribution in [0.1, 0.15) is 55.4 Å². The van der Waals surface area contributed by atoms with Gasteiger partial charge in [-0.05, 0) is 81.5 Å². The monoisotopic (exact) mass is 273 g/mol. The molecule has 1 heteroatoms. The van der Waals surface area contributed by atoms with Gasteiger partial charge in [0, 0.05) is 6.04 Å². The van der Waals surface area contributed by atoms with Crippen LogP contribution in [0.15, 0.2) is 12.1 Å². The minimum Gasteiger partial charge on any atom is -0.313 e. The van der Waals surface area contributed by atoms with Gasteiger partial charge in [0.15, 0.2) is 0 Å². The van der Waals surface area contributed by atoms with E-state index in [1.165, 1.54) is 42.4 Å². The first-order chi connectivity index (χ1) is 9.52. The fraction of sp³-hybridized carbons (Fsp3) is 0.684. The minimum absolute atomic E-state index is 0.641. The van der Waals surface area contributed by atoms with E-state index in [1.54, 1.807) is 5.56 Å². The molecule has 2 rings (SSSR count). The summed E-state index contributed by atoms with van der Waals surface area (Å²) in [5.41, 5.74) is 5.89. The van der Waals surface area contributed by atoms with E-state index in [-0.39, 0.29) is 0 Å². The van der Waals surface area contributed by atoms with Crippen LogP contribution in [0.3, 0.4) is 0 Å². The lowest BCUT2D eigenvalue weighted by Crippen LogP contribution is -2.38. The SMILES string of the molecule is CCCNC(Cc1c(C)cc(C)cc1C)C(C)C1CC1. The summed E-state index contributed by atoms with van der Waals surface area (Å²) in [6, 6.07) is 5.31. The van der Waals surface area contributed by atoms with Gasteiger partial charge in [-0.15, -0.1) is 0 Å². The molecular weight excluding hydrogens is 242 g/mol. The van der Waals surface area contributed by atoms with E-state index in [2.05, 4.69) is 52.1 Å². The number of aryl methyl sites for hydroxylation is 3. The molecule has 0 aromatic heterocycles. The summed E-state index contributed by atoms with van der Waals surface area (Å²) < 4.78 is 0. The molecule has 0 aliphatic heterocycles. The van der Waals surface area contributed by atoms with E-state index >= 15 is 0 Å². The fourth-order valence-corrected chi connectivity index (χ4v) is 3.48. The Morgan fingerprint density at radius 1 is 1.15 bits per heavy atom. The lowest BCUT2D eigenvalue weighted by molar-refractivity contribution is 0.339. The van der Waals surface area contributed by atoms with Crippen molar-refractivity contribution in [3.8, 4) is 0 Å². The predicted molar refractivity (Wildman–Crippen MR) is 88.3 cm³/mol. The highest BCUT2D eigenvalue weighted by Gasteiger charge is 2.33. The summed E-state index contributed by atoms with van der Waals surface area (Å²) in [4.78, 5) is 0. The van der Waals surface area contributed by atoms with Crippen molar-refractivity contribution in [1.29, 1.82) is 0 Å². The molecule has 0 amide bonds. The van der Waals surface area contributed by atoms with Crippen molar-refractivity contribution in [1.82, 2.24) is 5.32 Å². The van der Waals surface area contributed by atoms with Crippen LogP contribution < -0.4 is 5.32 Å². The maximum Gasteiger partial charge on any atom is 0.0136 e. The second-order valence-corrected chi connectivity index (χ2v) is 6.84. The normalized spacial score (nSPS) is 18.1. The van der Waals surface area contributed by atoms with Gasteiger partial charge in [0.05, 0.1) is 0 Å². The van der Waals surface area contributed by atoms with Gasteiger partial charge in [-0.1, -0.05) is 31.5 Å². The highest BCUT2D eigenvalue weighted by Crippen LogP contribution is 2.39. The van der Waals surface area contributed by atoms with E-state index in [0.717, 1.165) is 18.4 Å². The molecule has 1 aromatic carbocycles. The van der Waals surface area contributed by atoms with Gasteiger partial charge in [0.1, 0.15) is 0 Å². The first-order valence-corrected chi connectivity index (χ1v) is 8.33. The van der Waals surface area contributed by atoms with Crippen molar-refractivity contribution in [2.24, 2.45) is 11.8 Å². The van der Waals surface area contributed by atoms with E-state index < -0.39 is 0 Å². The molecule has 0 saturated heterocycles. The molecule has 0 heterocycles. The van der Waals surface area contributed by atoms with Gasteiger partial charge in [-0.25, -0.2) is 0 Å². The summed E-state index contributed by atoms with van der Waals surface area (Å²) >= 11 is 0. The number of hydrogen-bond donors (Lipinski definition) is 1. The first-order valence-electron chi connectivity index (χ1n) is 8.33. The molecular formula is C19H31N. The number of nitrogens with one attached hydrogen (secondary N) is 1. The Bertz CT molecular complexity index is 422. The first kappa shape index (κ1) is 15.6. The Morgan fingerprint density at radius 2 is 1.75 bits per heavy atom. The summed E-state index contributed by atoms with van der Waals surface area (Å²) in [5, 5.41) is 3.81. The summed E-state index contributed by atoms with van der Waals surface area (Å²) in [7, 11) is 0. The molecule has 20 heavy (non-hydrogen) atoms. The fourth-order valence-electron chi connectivity index (χ4n) is 3.48. The topological polar surface area (TPSA) is 12.0 Å². The number of rotatable bonds is 7. The van der Waals surface area contributed by atoms with Crippen molar-refractivity contribution in [3.05, 3.63) is 34.4 Å². The maximum atomic E-state index is 3.81. The minimum atomic E-state index is 0.641. The van der Waals surface area contributed by atoms with E-state index in [4.69, 9.17) is 0 Å². The Hall–Kier alpha value is -0.820. The number of hydrogen-bond acceptors (Lipinski definition) is 1. The highest BCUT2D eigenvalue weighted by atomic mass is 14.9. The second-order valence-electron chi connectivity index (χ2n) is 6.84. The Morgan fingerprint density at radius 3 is 2.25 bits per heavy atom.